The Morgan fingerprint density at radius 3 is 2.32 bits per heavy atom. The van der Waals surface area contributed by atoms with Crippen LogP contribution in [0.5, 0.6) is 11.5 Å². The molecule has 0 unspecified atom stereocenters. The summed E-state index contributed by atoms with van der Waals surface area (Å²) in [5.74, 6) is -4.67. The van der Waals surface area contributed by atoms with E-state index in [0.29, 0.717) is 0 Å². The average Bonchev–Trinajstić information content (AvgIpc) is 2.30. The first-order chi connectivity index (χ1) is 8.81. The van der Waals surface area contributed by atoms with E-state index in [0.717, 1.165) is 18.2 Å². The number of aliphatic carboxylic acids is 2. The van der Waals surface area contributed by atoms with E-state index in [1.54, 1.807) is 0 Å². The molecule has 5 N–H and O–H groups in total. The first-order valence-corrected chi connectivity index (χ1v) is 5.08. The molecule has 0 bridgehead atoms. The van der Waals surface area contributed by atoms with Gasteiger partial charge < -0.3 is 25.7 Å². The first-order valence-electron chi connectivity index (χ1n) is 5.08. The van der Waals surface area contributed by atoms with E-state index < -0.39 is 36.1 Å². The van der Waals surface area contributed by atoms with Crippen molar-refractivity contribution >= 4 is 17.8 Å². The van der Waals surface area contributed by atoms with Gasteiger partial charge in [-0.2, -0.15) is 0 Å². The predicted molar refractivity (Wildman–Crippen MR) is 60.9 cm³/mol. The summed E-state index contributed by atoms with van der Waals surface area (Å²) in [5, 5.41) is 37.8. The Morgan fingerprint density at radius 1 is 1.16 bits per heavy atom. The van der Waals surface area contributed by atoms with E-state index in [2.05, 4.69) is 0 Å². The fourth-order valence-corrected chi connectivity index (χ4v) is 1.32. The van der Waals surface area contributed by atoms with Gasteiger partial charge in [-0.15, -0.1) is 0 Å². The molecule has 0 spiro atoms. The van der Waals surface area contributed by atoms with Crippen molar-refractivity contribution in [2.75, 3.05) is 0 Å². The molecule has 0 aromatic heterocycles. The Hall–Kier alpha value is -2.77. The zero-order valence-corrected chi connectivity index (χ0v) is 9.53. The van der Waals surface area contributed by atoms with Gasteiger partial charge in [-0.1, -0.05) is 0 Å². The summed E-state index contributed by atoms with van der Waals surface area (Å²) < 4.78 is 0. The summed E-state index contributed by atoms with van der Waals surface area (Å²) in [6.45, 7) is 0. The summed E-state index contributed by atoms with van der Waals surface area (Å²) in [4.78, 5) is 32.9. The number of carboxylic acid groups (broad SMARTS) is 2. The normalized spacial score (nSPS) is 11.6. The van der Waals surface area contributed by atoms with E-state index in [1.165, 1.54) is 0 Å². The molecule has 0 saturated heterocycles. The van der Waals surface area contributed by atoms with Crippen LogP contribution < -0.4 is 5.32 Å². The van der Waals surface area contributed by atoms with Gasteiger partial charge in [0.2, 0.25) is 0 Å². The van der Waals surface area contributed by atoms with Gasteiger partial charge >= 0.3 is 11.9 Å². The summed E-state index contributed by atoms with van der Waals surface area (Å²) in [6.07, 6.45) is -0.805. The van der Waals surface area contributed by atoms with Crippen molar-refractivity contribution in [3.05, 3.63) is 23.8 Å². The molecule has 8 nitrogen and oxygen atoms in total. The number of phenols is 2. The smallest absolute Gasteiger partial charge is 0.326 e. The Morgan fingerprint density at radius 2 is 1.79 bits per heavy atom. The Kier molecular flexibility index (Phi) is 4.30. The molecule has 19 heavy (non-hydrogen) atoms. The number of nitrogens with one attached hydrogen (secondary N) is 1. The molecule has 1 aromatic rings. The van der Waals surface area contributed by atoms with E-state index in [4.69, 9.17) is 10.2 Å². The highest BCUT2D eigenvalue weighted by Crippen LogP contribution is 2.21. The third-order valence-electron chi connectivity index (χ3n) is 2.21. The van der Waals surface area contributed by atoms with Crippen molar-refractivity contribution in [2.24, 2.45) is 0 Å². The van der Waals surface area contributed by atoms with Crippen LogP contribution >= 0.6 is 0 Å². The second-order valence-electron chi connectivity index (χ2n) is 3.66. The van der Waals surface area contributed by atoms with E-state index in [-0.39, 0.29) is 11.3 Å². The van der Waals surface area contributed by atoms with E-state index in [9.17, 15) is 24.6 Å². The maximum atomic E-state index is 11.7. The molecule has 8 heteroatoms. The number of aromatic hydroxyl groups is 2. The molecule has 0 aliphatic heterocycles. The molecule has 1 amide bonds. The first kappa shape index (κ1) is 14.3. The SMILES string of the molecule is O=C(O)C[C@H](NC(=O)c1cc(O)ccc1O)C(=O)O. The Bertz CT molecular complexity index is 526. The number of amides is 1. The number of phenolic OH excluding ortho intramolecular Hbond substituents is 2. The van der Waals surface area contributed by atoms with E-state index in [1.807, 2.05) is 5.32 Å². The van der Waals surface area contributed by atoms with Crippen molar-refractivity contribution in [3.8, 4) is 11.5 Å². The summed E-state index contributed by atoms with van der Waals surface area (Å²) in [6, 6.07) is 1.49. The largest absolute Gasteiger partial charge is 0.508 e. The quantitative estimate of drug-likeness (QED) is 0.464. The molecule has 1 aromatic carbocycles. The molecule has 0 saturated carbocycles. The molecule has 102 valence electrons. The Balaban J connectivity index is 2.90. The lowest BCUT2D eigenvalue weighted by Gasteiger charge is -2.13. The number of hydrogen-bond donors (Lipinski definition) is 5. The molecule has 0 heterocycles. The molecule has 0 fully saturated rings. The number of carboxylic acids is 2. The minimum absolute atomic E-state index is 0.298. The van der Waals surface area contributed by atoms with Crippen LogP contribution in [0.1, 0.15) is 16.8 Å². The highest BCUT2D eigenvalue weighted by molar-refractivity contribution is 5.99. The molecular weight excluding hydrogens is 258 g/mol. The van der Waals surface area contributed by atoms with Crippen LogP contribution in [-0.4, -0.2) is 44.3 Å². The van der Waals surface area contributed by atoms with Gasteiger partial charge in [0, 0.05) is 0 Å². The highest BCUT2D eigenvalue weighted by atomic mass is 16.4. The zero-order valence-electron chi connectivity index (χ0n) is 9.53. The number of carbonyl (C=O) groups excluding carboxylic acids is 1. The monoisotopic (exact) mass is 269 g/mol. The van der Waals surface area contributed by atoms with Crippen molar-refractivity contribution in [2.45, 2.75) is 12.5 Å². The van der Waals surface area contributed by atoms with Gasteiger partial charge in [-0.05, 0) is 18.2 Å². The van der Waals surface area contributed by atoms with Crippen molar-refractivity contribution in [3.63, 3.8) is 0 Å². The van der Waals surface area contributed by atoms with Crippen LogP contribution in [0.3, 0.4) is 0 Å². The summed E-state index contributed by atoms with van der Waals surface area (Å²) in [5.41, 5.74) is -0.350. The van der Waals surface area contributed by atoms with Gasteiger partial charge in [0.25, 0.3) is 5.91 Å². The molecule has 0 aliphatic carbocycles. The Labute approximate surface area is 106 Å². The third-order valence-corrected chi connectivity index (χ3v) is 2.21. The van der Waals surface area contributed by atoms with Gasteiger partial charge in [-0.25, -0.2) is 4.79 Å². The lowest BCUT2D eigenvalue weighted by atomic mass is 10.1. The second-order valence-corrected chi connectivity index (χ2v) is 3.66. The molecule has 0 aliphatic rings. The molecule has 1 rings (SSSR count). The van der Waals surface area contributed by atoms with Crippen LogP contribution in [0.15, 0.2) is 18.2 Å². The number of rotatable bonds is 5. The number of benzene rings is 1. The second kappa shape index (κ2) is 5.71. The van der Waals surface area contributed by atoms with Crippen molar-refractivity contribution in [1.29, 1.82) is 0 Å². The van der Waals surface area contributed by atoms with Gasteiger partial charge in [0.05, 0.1) is 12.0 Å². The third kappa shape index (κ3) is 3.87. The van der Waals surface area contributed by atoms with Crippen molar-refractivity contribution < 1.29 is 34.8 Å². The fraction of sp³-hybridized carbons (Fsp3) is 0.182. The topological polar surface area (TPSA) is 144 Å². The van der Waals surface area contributed by atoms with Crippen LogP contribution in [0.4, 0.5) is 0 Å². The van der Waals surface area contributed by atoms with Crippen LogP contribution in [-0.2, 0) is 9.59 Å². The van der Waals surface area contributed by atoms with Gasteiger partial charge in [0.1, 0.15) is 17.5 Å². The highest BCUT2D eigenvalue weighted by Gasteiger charge is 2.24. The standard InChI is InChI=1S/C11H11NO7/c13-5-1-2-8(14)6(3-5)10(17)12-7(11(18)19)4-9(15)16/h1-3,7,13-14H,4H2,(H,12,17)(H,15,16)(H,18,19)/t7-/m0/s1. The molecule has 0 radical (unpaired) electrons. The number of hydrogen-bond acceptors (Lipinski definition) is 5. The predicted octanol–water partition coefficient (Wildman–Crippen LogP) is -0.245. The van der Waals surface area contributed by atoms with Crippen molar-refractivity contribution in [1.82, 2.24) is 5.32 Å². The summed E-state index contributed by atoms with van der Waals surface area (Å²) in [7, 11) is 0. The lowest BCUT2D eigenvalue weighted by molar-refractivity contribution is -0.145. The fourth-order valence-electron chi connectivity index (χ4n) is 1.32. The summed E-state index contributed by atoms with van der Waals surface area (Å²) >= 11 is 0. The average molecular weight is 269 g/mol. The lowest BCUT2D eigenvalue weighted by Crippen LogP contribution is -2.42. The van der Waals surface area contributed by atoms with Crippen LogP contribution in [0.25, 0.3) is 0 Å². The maximum Gasteiger partial charge on any atom is 0.326 e. The zero-order chi connectivity index (χ0) is 14.6. The van der Waals surface area contributed by atoms with Crippen LogP contribution in [0, 0.1) is 0 Å². The molecule has 1 atom stereocenters. The van der Waals surface area contributed by atoms with Gasteiger partial charge in [0.15, 0.2) is 0 Å². The maximum absolute atomic E-state index is 11.7. The van der Waals surface area contributed by atoms with E-state index >= 15 is 0 Å². The van der Waals surface area contributed by atoms with Gasteiger partial charge in [-0.3, -0.25) is 9.59 Å². The number of carbonyl (C=O) groups is 3. The van der Waals surface area contributed by atoms with Crippen LogP contribution in [0.2, 0.25) is 0 Å². The molecular formula is C11H11NO7. The minimum Gasteiger partial charge on any atom is -0.508 e. The minimum atomic E-state index is -1.63.